The Morgan fingerprint density at radius 3 is 3.13 bits per heavy atom. The third-order valence-corrected chi connectivity index (χ3v) is 3.24. The molecule has 0 unspecified atom stereocenters. The van der Waals surface area contributed by atoms with E-state index < -0.39 is 0 Å². The number of hydrogen-bond acceptors (Lipinski definition) is 2. The summed E-state index contributed by atoms with van der Waals surface area (Å²) in [5, 5.41) is 4.82. The van der Waals surface area contributed by atoms with E-state index in [1.165, 1.54) is 0 Å². The normalized spacial score (nSPS) is 14.7. The third kappa shape index (κ3) is 1.36. The fourth-order valence-corrected chi connectivity index (χ4v) is 2.40. The van der Waals surface area contributed by atoms with Crippen LogP contribution in [-0.2, 0) is 0 Å². The van der Waals surface area contributed by atoms with Crippen molar-refractivity contribution in [1.82, 2.24) is 4.98 Å². The quantitative estimate of drug-likeness (QED) is 0.765. The highest BCUT2D eigenvalue weighted by molar-refractivity contribution is 9.10. The van der Waals surface area contributed by atoms with Gasteiger partial charge in [-0.15, -0.1) is 0 Å². The SMILES string of the molecule is ClC1=NCNc2[nH]c3cc(Br)ccc3c21. The summed E-state index contributed by atoms with van der Waals surface area (Å²) in [5.41, 5.74) is 2.02. The summed E-state index contributed by atoms with van der Waals surface area (Å²) in [7, 11) is 0. The van der Waals surface area contributed by atoms with Crippen molar-refractivity contribution >= 4 is 49.4 Å². The van der Waals surface area contributed by atoms with Gasteiger partial charge in [0.2, 0.25) is 0 Å². The Morgan fingerprint density at radius 1 is 1.40 bits per heavy atom. The Morgan fingerprint density at radius 2 is 2.27 bits per heavy atom. The summed E-state index contributed by atoms with van der Waals surface area (Å²) in [6.45, 7) is 0.528. The molecule has 1 aliphatic rings. The maximum absolute atomic E-state index is 6.09. The van der Waals surface area contributed by atoms with E-state index in [0.717, 1.165) is 26.8 Å². The first kappa shape index (κ1) is 9.24. The number of rotatable bonds is 0. The number of fused-ring (bicyclic) bond motifs is 3. The molecule has 0 aliphatic carbocycles. The molecule has 0 amide bonds. The molecule has 0 fully saturated rings. The second kappa shape index (κ2) is 3.25. The maximum atomic E-state index is 6.09. The molecule has 1 aliphatic heterocycles. The average Bonchev–Trinajstić information content (AvgIpc) is 2.56. The van der Waals surface area contributed by atoms with Crippen molar-refractivity contribution in [1.29, 1.82) is 0 Å². The van der Waals surface area contributed by atoms with Gasteiger partial charge in [0.25, 0.3) is 0 Å². The highest BCUT2D eigenvalue weighted by Gasteiger charge is 2.17. The Hall–Kier alpha value is -1.00. The maximum Gasteiger partial charge on any atom is 0.137 e. The van der Waals surface area contributed by atoms with Gasteiger partial charge < -0.3 is 10.3 Å². The Bertz CT molecular complexity index is 573. The van der Waals surface area contributed by atoms with Gasteiger partial charge >= 0.3 is 0 Å². The van der Waals surface area contributed by atoms with Crippen LogP contribution in [0.15, 0.2) is 27.7 Å². The molecule has 1 aromatic heterocycles. The van der Waals surface area contributed by atoms with Crippen LogP contribution >= 0.6 is 27.5 Å². The minimum atomic E-state index is 0.528. The highest BCUT2D eigenvalue weighted by atomic mass is 79.9. The summed E-state index contributed by atoms with van der Waals surface area (Å²) in [6, 6.07) is 6.05. The number of aliphatic imine (C=N–C) groups is 1. The zero-order valence-corrected chi connectivity index (χ0v) is 9.98. The zero-order valence-electron chi connectivity index (χ0n) is 7.64. The minimum absolute atomic E-state index is 0.528. The van der Waals surface area contributed by atoms with E-state index >= 15 is 0 Å². The van der Waals surface area contributed by atoms with Crippen LogP contribution in [0.5, 0.6) is 0 Å². The summed E-state index contributed by atoms with van der Waals surface area (Å²) in [6.07, 6.45) is 0. The molecular formula is C10H7BrClN3. The number of aromatic amines is 1. The van der Waals surface area contributed by atoms with Gasteiger partial charge in [-0.25, -0.2) is 0 Å². The standard InChI is InChI=1S/C10H7BrClN3/c11-5-1-2-6-7(3-5)15-10-8(6)9(12)13-4-14-10/h1-3,14-15H,4H2. The lowest BCUT2D eigenvalue weighted by Gasteiger charge is -2.09. The molecule has 15 heavy (non-hydrogen) atoms. The first-order valence-corrected chi connectivity index (χ1v) is 5.68. The summed E-state index contributed by atoms with van der Waals surface area (Å²) in [5.74, 6) is 0.947. The van der Waals surface area contributed by atoms with E-state index in [0.29, 0.717) is 11.8 Å². The molecule has 3 nitrogen and oxygen atoms in total. The fourth-order valence-electron chi connectivity index (χ4n) is 1.78. The number of H-pyrrole nitrogens is 1. The first-order valence-electron chi connectivity index (χ1n) is 4.51. The van der Waals surface area contributed by atoms with Crippen molar-refractivity contribution < 1.29 is 0 Å². The smallest absolute Gasteiger partial charge is 0.137 e. The lowest BCUT2D eigenvalue weighted by molar-refractivity contribution is 1.11. The molecule has 2 aromatic rings. The lowest BCUT2D eigenvalue weighted by Crippen LogP contribution is -2.10. The second-order valence-corrected chi connectivity index (χ2v) is 4.62. The first-order chi connectivity index (χ1) is 7.25. The molecule has 76 valence electrons. The molecule has 2 N–H and O–H groups in total. The fraction of sp³-hybridized carbons (Fsp3) is 0.100. The Labute approximate surface area is 99.7 Å². The minimum Gasteiger partial charge on any atom is -0.352 e. The van der Waals surface area contributed by atoms with Crippen molar-refractivity contribution in [2.45, 2.75) is 0 Å². The number of nitrogens with zero attached hydrogens (tertiary/aromatic N) is 1. The molecule has 3 rings (SSSR count). The van der Waals surface area contributed by atoms with Crippen LogP contribution in [0.4, 0.5) is 5.82 Å². The summed E-state index contributed by atoms with van der Waals surface area (Å²) >= 11 is 9.52. The molecular weight excluding hydrogens is 277 g/mol. The van der Waals surface area contributed by atoms with Crippen molar-refractivity contribution in [3.8, 4) is 0 Å². The van der Waals surface area contributed by atoms with Crippen LogP contribution in [0.2, 0.25) is 0 Å². The van der Waals surface area contributed by atoms with E-state index in [1.807, 2.05) is 18.2 Å². The van der Waals surface area contributed by atoms with E-state index in [4.69, 9.17) is 11.6 Å². The number of nitrogens with one attached hydrogen (secondary N) is 2. The molecule has 0 bridgehead atoms. The molecule has 5 heteroatoms. The highest BCUT2D eigenvalue weighted by Crippen LogP contribution is 2.31. The molecule has 1 aromatic carbocycles. The van der Waals surface area contributed by atoms with E-state index in [9.17, 15) is 0 Å². The second-order valence-electron chi connectivity index (χ2n) is 3.35. The number of anilines is 1. The number of halogens is 2. The molecule has 0 saturated heterocycles. The monoisotopic (exact) mass is 283 g/mol. The number of aromatic nitrogens is 1. The van der Waals surface area contributed by atoms with E-state index in [2.05, 4.69) is 31.2 Å². The average molecular weight is 285 g/mol. The van der Waals surface area contributed by atoms with Crippen molar-refractivity contribution in [3.63, 3.8) is 0 Å². The predicted molar refractivity (Wildman–Crippen MR) is 66.9 cm³/mol. The van der Waals surface area contributed by atoms with Gasteiger partial charge in [-0.3, -0.25) is 4.99 Å². The summed E-state index contributed by atoms with van der Waals surface area (Å²) < 4.78 is 1.04. The van der Waals surface area contributed by atoms with Crippen LogP contribution in [0.25, 0.3) is 10.9 Å². The molecule has 2 heterocycles. The van der Waals surface area contributed by atoms with Crippen LogP contribution in [0.1, 0.15) is 5.56 Å². The molecule has 0 radical (unpaired) electrons. The van der Waals surface area contributed by atoms with Crippen molar-refractivity contribution in [2.75, 3.05) is 12.0 Å². The zero-order chi connectivity index (χ0) is 10.4. The van der Waals surface area contributed by atoms with Gasteiger partial charge in [-0.05, 0) is 12.1 Å². The van der Waals surface area contributed by atoms with Gasteiger partial charge in [-0.1, -0.05) is 33.6 Å². The van der Waals surface area contributed by atoms with Crippen molar-refractivity contribution in [2.24, 2.45) is 4.99 Å². The lowest BCUT2D eigenvalue weighted by atomic mass is 10.1. The van der Waals surface area contributed by atoms with Gasteiger partial charge in [0, 0.05) is 15.4 Å². The summed E-state index contributed by atoms with van der Waals surface area (Å²) in [4.78, 5) is 7.44. The topological polar surface area (TPSA) is 40.2 Å². The molecule has 0 saturated carbocycles. The Kier molecular flexibility index (Phi) is 2.00. The van der Waals surface area contributed by atoms with Crippen LogP contribution in [0.3, 0.4) is 0 Å². The van der Waals surface area contributed by atoms with Crippen LogP contribution < -0.4 is 5.32 Å². The molecule has 0 atom stereocenters. The van der Waals surface area contributed by atoms with E-state index in [1.54, 1.807) is 0 Å². The van der Waals surface area contributed by atoms with E-state index in [-0.39, 0.29) is 0 Å². The van der Waals surface area contributed by atoms with Crippen LogP contribution in [-0.4, -0.2) is 16.8 Å². The third-order valence-electron chi connectivity index (χ3n) is 2.44. The van der Waals surface area contributed by atoms with Gasteiger partial charge in [-0.2, -0.15) is 0 Å². The van der Waals surface area contributed by atoms with Gasteiger partial charge in [0.05, 0.1) is 5.56 Å². The Balaban J connectivity index is 2.38. The van der Waals surface area contributed by atoms with Gasteiger partial charge in [0.1, 0.15) is 17.7 Å². The largest absolute Gasteiger partial charge is 0.352 e. The predicted octanol–water partition coefficient (Wildman–Crippen LogP) is 3.30. The van der Waals surface area contributed by atoms with Gasteiger partial charge in [0.15, 0.2) is 0 Å². The van der Waals surface area contributed by atoms with Crippen LogP contribution in [0, 0.1) is 0 Å². The van der Waals surface area contributed by atoms with Crippen molar-refractivity contribution in [3.05, 3.63) is 28.2 Å². The molecule has 0 spiro atoms. The number of hydrogen-bond donors (Lipinski definition) is 2. The number of benzene rings is 1.